The Morgan fingerprint density at radius 3 is 2.12 bits per heavy atom. The lowest BCUT2D eigenvalue weighted by Crippen LogP contribution is -1.94. The lowest BCUT2D eigenvalue weighted by Gasteiger charge is -2.06. The van der Waals surface area contributed by atoms with Gasteiger partial charge in [0.2, 0.25) is 0 Å². The van der Waals surface area contributed by atoms with Crippen LogP contribution in [0.1, 0.15) is 12.5 Å². The lowest BCUT2D eigenvalue weighted by molar-refractivity contribution is 0.361. The fraction of sp³-hybridized carbons (Fsp3) is 0.0909. The quantitative estimate of drug-likeness (QED) is 0.602. The average Bonchev–Trinajstić information content (AvgIpc) is 2.69. The van der Waals surface area contributed by atoms with E-state index in [0.717, 1.165) is 28.1 Å². The first kappa shape index (κ1) is 16.5. The molecule has 25 heavy (non-hydrogen) atoms. The third kappa shape index (κ3) is 4.13. The van der Waals surface area contributed by atoms with Crippen LogP contribution in [0.3, 0.4) is 0 Å². The van der Waals surface area contributed by atoms with E-state index in [-0.39, 0.29) is 0 Å². The lowest BCUT2D eigenvalue weighted by atomic mass is 10.0. The standard InChI is InChI=1S/C22H18N2O/c1-2-3-14-25-21-12-13-22(24-16-21)20-10-8-19(9-11-20)18-6-4-17(15-23)5-7-18/h2-13,16H,14H2,1H3. The average molecular weight is 326 g/mol. The van der Waals surface area contributed by atoms with Crippen LogP contribution in [0.25, 0.3) is 22.4 Å². The van der Waals surface area contributed by atoms with Gasteiger partial charge in [-0.2, -0.15) is 5.26 Å². The number of aromatic nitrogens is 1. The van der Waals surface area contributed by atoms with Gasteiger partial charge >= 0.3 is 0 Å². The Morgan fingerprint density at radius 2 is 1.56 bits per heavy atom. The van der Waals surface area contributed by atoms with E-state index in [9.17, 15) is 0 Å². The minimum absolute atomic E-state index is 0.552. The number of pyridine rings is 1. The van der Waals surface area contributed by atoms with Gasteiger partial charge in [-0.3, -0.25) is 4.98 Å². The van der Waals surface area contributed by atoms with Crippen molar-refractivity contribution in [3.05, 3.63) is 84.6 Å². The van der Waals surface area contributed by atoms with E-state index >= 15 is 0 Å². The second-order valence-corrected chi connectivity index (χ2v) is 5.53. The summed E-state index contributed by atoms with van der Waals surface area (Å²) in [4.78, 5) is 4.47. The summed E-state index contributed by atoms with van der Waals surface area (Å²) in [6, 6.07) is 21.8. The Bertz CT molecular complexity index is 887. The van der Waals surface area contributed by atoms with Gasteiger partial charge < -0.3 is 4.74 Å². The van der Waals surface area contributed by atoms with Gasteiger partial charge in [-0.1, -0.05) is 48.6 Å². The fourth-order valence-corrected chi connectivity index (χ4v) is 2.45. The van der Waals surface area contributed by atoms with Crippen LogP contribution in [0, 0.1) is 11.3 Å². The van der Waals surface area contributed by atoms with E-state index in [1.165, 1.54) is 0 Å². The molecule has 0 N–H and O–H groups in total. The molecule has 3 heteroatoms. The number of benzene rings is 2. The molecule has 0 radical (unpaired) electrons. The van der Waals surface area contributed by atoms with Crippen LogP contribution in [0.4, 0.5) is 0 Å². The van der Waals surface area contributed by atoms with E-state index in [1.807, 2.05) is 55.5 Å². The molecule has 1 aromatic heterocycles. The van der Waals surface area contributed by atoms with Gasteiger partial charge in [0.1, 0.15) is 12.4 Å². The van der Waals surface area contributed by atoms with Crippen molar-refractivity contribution >= 4 is 0 Å². The Hall–Kier alpha value is -3.38. The SMILES string of the molecule is CC=CCOc1ccc(-c2ccc(-c3ccc(C#N)cc3)cc2)nc1. The Kier molecular flexibility index (Phi) is 5.23. The van der Waals surface area contributed by atoms with E-state index < -0.39 is 0 Å². The summed E-state index contributed by atoms with van der Waals surface area (Å²) in [5.74, 6) is 0.760. The normalized spacial score (nSPS) is 10.6. The summed E-state index contributed by atoms with van der Waals surface area (Å²) in [7, 11) is 0. The molecule has 0 aliphatic carbocycles. The molecule has 0 unspecified atom stereocenters. The molecule has 3 rings (SSSR count). The smallest absolute Gasteiger partial charge is 0.138 e. The monoisotopic (exact) mass is 326 g/mol. The van der Waals surface area contributed by atoms with E-state index in [0.29, 0.717) is 12.2 Å². The number of ether oxygens (including phenoxy) is 1. The molecule has 0 bridgehead atoms. The van der Waals surface area contributed by atoms with Gasteiger partial charge in [-0.05, 0) is 42.3 Å². The van der Waals surface area contributed by atoms with Crippen molar-refractivity contribution in [2.45, 2.75) is 6.92 Å². The van der Waals surface area contributed by atoms with Crippen LogP contribution in [0.2, 0.25) is 0 Å². The van der Waals surface area contributed by atoms with Crippen LogP contribution >= 0.6 is 0 Å². The molecular weight excluding hydrogens is 308 g/mol. The molecule has 122 valence electrons. The number of allylic oxidation sites excluding steroid dienone is 1. The zero-order valence-corrected chi connectivity index (χ0v) is 14.0. The summed E-state index contributed by atoms with van der Waals surface area (Å²) in [6.45, 7) is 2.52. The van der Waals surface area contributed by atoms with Crippen LogP contribution < -0.4 is 4.74 Å². The molecule has 3 nitrogen and oxygen atoms in total. The van der Waals surface area contributed by atoms with Crippen LogP contribution in [0.15, 0.2) is 79.0 Å². The molecule has 0 saturated heterocycles. The van der Waals surface area contributed by atoms with Crippen molar-refractivity contribution in [2.75, 3.05) is 6.61 Å². The Balaban J connectivity index is 1.74. The highest BCUT2D eigenvalue weighted by atomic mass is 16.5. The molecule has 0 spiro atoms. The molecular formula is C22H18N2O. The molecule has 3 aromatic rings. The molecule has 0 aliphatic rings. The highest BCUT2D eigenvalue weighted by molar-refractivity contribution is 5.69. The zero-order chi connectivity index (χ0) is 17.5. The van der Waals surface area contributed by atoms with E-state index in [2.05, 4.69) is 35.3 Å². The topological polar surface area (TPSA) is 45.9 Å². The third-order valence-corrected chi connectivity index (χ3v) is 3.85. The second kappa shape index (κ2) is 7.94. The molecule has 0 saturated carbocycles. The van der Waals surface area contributed by atoms with Gasteiger partial charge in [-0.15, -0.1) is 0 Å². The van der Waals surface area contributed by atoms with Crippen molar-refractivity contribution in [2.24, 2.45) is 0 Å². The summed E-state index contributed by atoms with van der Waals surface area (Å²) in [5.41, 5.74) is 4.83. The van der Waals surface area contributed by atoms with Gasteiger partial charge in [0.05, 0.1) is 23.5 Å². The predicted octanol–water partition coefficient (Wildman–Crippen LogP) is 5.24. The fourth-order valence-electron chi connectivity index (χ4n) is 2.45. The zero-order valence-electron chi connectivity index (χ0n) is 14.0. The van der Waals surface area contributed by atoms with Gasteiger partial charge in [0.15, 0.2) is 0 Å². The van der Waals surface area contributed by atoms with Crippen molar-refractivity contribution in [1.29, 1.82) is 5.26 Å². The first-order valence-corrected chi connectivity index (χ1v) is 8.11. The molecule has 2 aromatic carbocycles. The third-order valence-electron chi connectivity index (χ3n) is 3.85. The molecule has 0 amide bonds. The number of hydrogen-bond donors (Lipinski definition) is 0. The number of nitriles is 1. The summed E-state index contributed by atoms with van der Waals surface area (Å²) in [5, 5.41) is 8.87. The summed E-state index contributed by atoms with van der Waals surface area (Å²) in [6.07, 6.45) is 5.65. The maximum absolute atomic E-state index is 8.87. The van der Waals surface area contributed by atoms with Crippen molar-refractivity contribution in [1.82, 2.24) is 4.98 Å². The van der Waals surface area contributed by atoms with Gasteiger partial charge in [0.25, 0.3) is 0 Å². The minimum atomic E-state index is 0.552. The molecule has 0 fully saturated rings. The minimum Gasteiger partial charge on any atom is -0.488 e. The second-order valence-electron chi connectivity index (χ2n) is 5.53. The van der Waals surface area contributed by atoms with Crippen molar-refractivity contribution in [3.63, 3.8) is 0 Å². The van der Waals surface area contributed by atoms with Crippen molar-refractivity contribution < 1.29 is 4.74 Å². The Labute approximate surface area is 147 Å². The number of rotatable bonds is 5. The van der Waals surface area contributed by atoms with Gasteiger partial charge in [-0.25, -0.2) is 0 Å². The number of nitrogens with zero attached hydrogens (tertiary/aromatic N) is 2. The predicted molar refractivity (Wildman–Crippen MR) is 100 cm³/mol. The van der Waals surface area contributed by atoms with Gasteiger partial charge in [0, 0.05) is 5.56 Å². The maximum Gasteiger partial charge on any atom is 0.138 e. The van der Waals surface area contributed by atoms with Crippen LogP contribution in [0.5, 0.6) is 5.75 Å². The highest BCUT2D eigenvalue weighted by Gasteiger charge is 2.02. The molecule has 0 aliphatic heterocycles. The first-order chi connectivity index (χ1) is 12.3. The Morgan fingerprint density at radius 1 is 0.920 bits per heavy atom. The van der Waals surface area contributed by atoms with E-state index in [1.54, 1.807) is 6.20 Å². The maximum atomic E-state index is 8.87. The number of hydrogen-bond acceptors (Lipinski definition) is 3. The molecule has 0 atom stereocenters. The first-order valence-electron chi connectivity index (χ1n) is 8.11. The van der Waals surface area contributed by atoms with E-state index in [4.69, 9.17) is 10.00 Å². The summed E-state index contributed by atoms with van der Waals surface area (Å²) >= 11 is 0. The largest absolute Gasteiger partial charge is 0.488 e. The summed E-state index contributed by atoms with van der Waals surface area (Å²) < 4.78 is 5.56. The van der Waals surface area contributed by atoms with Crippen molar-refractivity contribution in [3.8, 4) is 34.2 Å². The molecule has 1 heterocycles. The van der Waals surface area contributed by atoms with Crippen LogP contribution in [-0.4, -0.2) is 11.6 Å². The highest BCUT2D eigenvalue weighted by Crippen LogP contribution is 2.25. The van der Waals surface area contributed by atoms with Crippen LogP contribution in [-0.2, 0) is 0 Å².